The molecule has 2 rings (SSSR count). The van der Waals surface area contributed by atoms with Crippen LogP contribution in [0.1, 0.15) is 10.4 Å². The van der Waals surface area contributed by atoms with Crippen LogP contribution < -0.4 is 5.73 Å². The van der Waals surface area contributed by atoms with Crippen molar-refractivity contribution < 1.29 is 9.31 Å². The molecule has 100 valence electrons. The number of thiophene rings is 1. The van der Waals surface area contributed by atoms with Gasteiger partial charge in [0, 0.05) is 16.5 Å². The molecule has 0 spiro atoms. The van der Waals surface area contributed by atoms with Gasteiger partial charge in [-0.15, -0.1) is 11.3 Å². The fourth-order valence-electron chi connectivity index (χ4n) is 1.65. The second kappa shape index (κ2) is 5.50. The Morgan fingerprint density at radius 1 is 1.45 bits per heavy atom. The second-order valence-corrected chi connectivity index (χ2v) is 4.78. The lowest BCUT2D eigenvalue weighted by Crippen LogP contribution is -2.02. The van der Waals surface area contributed by atoms with Crippen molar-refractivity contribution in [2.45, 2.75) is 0 Å². The highest BCUT2D eigenvalue weighted by Gasteiger charge is 2.15. The molecule has 0 aliphatic heterocycles. The second-order valence-electron chi connectivity index (χ2n) is 3.83. The monoisotopic (exact) mass is 289 g/mol. The van der Waals surface area contributed by atoms with Crippen molar-refractivity contribution in [3.63, 3.8) is 0 Å². The van der Waals surface area contributed by atoms with Crippen LogP contribution in [0, 0.1) is 27.3 Å². The molecule has 0 atom stereocenters. The molecule has 2 aromatic rings. The topological polar surface area (TPSA) is 93.0 Å². The van der Waals surface area contributed by atoms with Crippen LogP contribution in [-0.2, 0) is 0 Å². The normalized spacial score (nSPS) is 11.6. The third-order valence-electron chi connectivity index (χ3n) is 2.55. The van der Waals surface area contributed by atoms with Gasteiger partial charge in [0.2, 0.25) is 0 Å². The van der Waals surface area contributed by atoms with E-state index in [1.54, 1.807) is 17.5 Å². The summed E-state index contributed by atoms with van der Waals surface area (Å²) >= 11 is 1.31. The van der Waals surface area contributed by atoms with Gasteiger partial charge < -0.3 is 5.73 Å². The molecule has 0 aliphatic carbocycles. The molecule has 1 aromatic heterocycles. The van der Waals surface area contributed by atoms with E-state index in [0.717, 1.165) is 18.2 Å². The van der Waals surface area contributed by atoms with Gasteiger partial charge in [0.25, 0.3) is 5.69 Å². The first kappa shape index (κ1) is 13.7. The van der Waals surface area contributed by atoms with Gasteiger partial charge in [0.15, 0.2) is 0 Å². The largest absolute Gasteiger partial charge is 0.397 e. The van der Waals surface area contributed by atoms with Crippen LogP contribution >= 0.6 is 11.3 Å². The number of hydrogen-bond acceptors (Lipinski definition) is 5. The van der Waals surface area contributed by atoms with Gasteiger partial charge in [-0.3, -0.25) is 10.1 Å². The van der Waals surface area contributed by atoms with Crippen LogP contribution in [-0.4, -0.2) is 4.92 Å². The Kier molecular flexibility index (Phi) is 3.77. The van der Waals surface area contributed by atoms with Crippen LogP contribution in [0.5, 0.6) is 0 Å². The van der Waals surface area contributed by atoms with E-state index < -0.39 is 16.4 Å². The van der Waals surface area contributed by atoms with Crippen molar-refractivity contribution in [1.29, 1.82) is 5.26 Å². The number of rotatable bonds is 3. The van der Waals surface area contributed by atoms with E-state index in [-0.39, 0.29) is 16.8 Å². The molecular formula is C13H8FN3O2S. The summed E-state index contributed by atoms with van der Waals surface area (Å²) in [6, 6.07) is 8.40. The Balaban J connectivity index is 2.60. The number of benzene rings is 1. The van der Waals surface area contributed by atoms with Gasteiger partial charge in [-0.2, -0.15) is 5.26 Å². The van der Waals surface area contributed by atoms with Crippen LogP contribution in [0.3, 0.4) is 0 Å². The van der Waals surface area contributed by atoms with Crippen molar-refractivity contribution >= 4 is 28.3 Å². The molecule has 7 heteroatoms. The van der Waals surface area contributed by atoms with E-state index in [0.29, 0.717) is 4.88 Å². The molecule has 5 nitrogen and oxygen atoms in total. The quantitative estimate of drug-likeness (QED) is 0.533. The number of nitrogens with two attached hydrogens (primary N) is 1. The lowest BCUT2D eigenvalue weighted by atomic mass is 10.1. The molecule has 0 saturated carbocycles. The summed E-state index contributed by atoms with van der Waals surface area (Å²) in [5, 5.41) is 21.7. The molecule has 0 saturated heterocycles. The van der Waals surface area contributed by atoms with Crippen molar-refractivity contribution in [3.8, 4) is 6.07 Å². The molecule has 0 aliphatic rings. The van der Waals surface area contributed by atoms with Crippen molar-refractivity contribution in [2.24, 2.45) is 5.73 Å². The predicted octanol–water partition coefficient (Wildman–Crippen LogP) is 3.15. The van der Waals surface area contributed by atoms with E-state index in [1.165, 1.54) is 11.3 Å². The van der Waals surface area contributed by atoms with Crippen molar-refractivity contribution in [1.82, 2.24) is 0 Å². The van der Waals surface area contributed by atoms with E-state index in [9.17, 15) is 14.5 Å². The molecular weight excluding hydrogens is 281 g/mol. The molecule has 1 aromatic carbocycles. The van der Waals surface area contributed by atoms with Gasteiger partial charge in [0.1, 0.15) is 11.9 Å². The lowest BCUT2D eigenvalue weighted by Gasteiger charge is -2.05. The van der Waals surface area contributed by atoms with E-state index >= 15 is 0 Å². The summed E-state index contributed by atoms with van der Waals surface area (Å²) in [5.41, 5.74) is 5.73. The van der Waals surface area contributed by atoms with E-state index in [2.05, 4.69) is 0 Å². The number of nitro groups is 1. The van der Waals surface area contributed by atoms with Crippen LogP contribution in [0.4, 0.5) is 10.1 Å². The van der Waals surface area contributed by atoms with Gasteiger partial charge in [-0.1, -0.05) is 6.07 Å². The molecule has 20 heavy (non-hydrogen) atoms. The maximum atomic E-state index is 13.4. The number of nitro benzene ring substituents is 1. The summed E-state index contributed by atoms with van der Waals surface area (Å²) in [6.07, 6.45) is 0. The lowest BCUT2D eigenvalue weighted by molar-refractivity contribution is -0.385. The van der Waals surface area contributed by atoms with Crippen molar-refractivity contribution in [2.75, 3.05) is 0 Å². The number of halogens is 1. The highest BCUT2D eigenvalue weighted by molar-refractivity contribution is 7.11. The standard InChI is InChI=1S/C13H8FN3O2S/c14-9-4-8(5-10(6-9)17(18)19)13(16)11(7-15)12-2-1-3-20-12/h1-6H,16H2/b13-11-. The van der Waals surface area contributed by atoms with E-state index in [1.807, 2.05) is 6.07 Å². The SMILES string of the molecule is N#C/C(=C(/N)c1cc(F)cc([N+](=O)[O-])c1)c1cccs1. The molecule has 0 bridgehead atoms. The maximum absolute atomic E-state index is 13.4. The Bertz CT molecular complexity index is 733. The molecule has 0 fully saturated rings. The first-order valence-electron chi connectivity index (χ1n) is 5.42. The fraction of sp³-hybridized carbons (Fsp3) is 0. The summed E-state index contributed by atoms with van der Waals surface area (Å²) in [6.45, 7) is 0. The highest BCUT2D eigenvalue weighted by Crippen LogP contribution is 2.28. The summed E-state index contributed by atoms with van der Waals surface area (Å²) in [7, 11) is 0. The molecule has 0 radical (unpaired) electrons. The first-order valence-corrected chi connectivity index (χ1v) is 6.30. The molecule has 0 unspecified atom stereocenters. The number of nitriles is 1. The first-order chi connectivity index (χ1) is 9.52. The van der Waals surface area contributed by atoms with Gasteiger partial charge in [-0.25, -0.2) is 4.39 Å². The average molecular weight is 289 g/mol. The van der Waals surface area contributed by atoms with E-state index in [4.69, 9.17) is 11.0 Å². The van der Waals surface area contributed by atoms with Crippen LogP contribution in [0.25, 0.3) is 11.3 Å². The Morgan fingerprint density at radius 3 is 2.75 bits per heavy atom. The Hall–Kier alpha value is -2.72. The number of hydrogen-bond donors (Lipinski definition) is 1. The van der Waals surface area contributed by atoms with Crippen molar-refractivity contribution in [3.05, 3.63) is 62.1 Å². The minimum Gasteiger partial charge on any atom is -0.397 e. The third-order valence-corrected chi connectivity index (χ3v) is 3.44. The molecule has 1 heterocycles. The number of nitrogens with zero attached hydrogens (tertiary/aromatic N) is 2. The van der Waals surface area contributed by atoms with Crippen LogP contribution in [0.15, 0.2) is 35.7 Å². The smallest absolute Gasteiger partial charge is 0.273 e. The number of allylic oxidation sites excluding steroid dienone is 1. The maximum Gasteiger partial charge on any atom is 0.273 e. The Labute approximate surface area is 117 Å². The fourth-order valence-corrected chi connectivity index (χ4v) is 2.38. The summed E-state index contributed by atoms with van der Waals surface area (Å²) in [5.74, 6) is -0.777. The van der Waals surface area contributed by atoms with Crippen LogP contribution in [0.2, 0.25) is 0 Å². The van der Waals surface area contributed by atoms with Gasteiger partial charge in [0.05, 0.1) is 22.3 Å². The summed E-state index contributed by atoms with van der Waals surface area (Å²) < 4.78 is 13.4. The highest BCUT2D eigenvalue weighted by atomic mass is 32.1. The zero-order valence-electron chi connectivity index (χ0n) is 10.0. The third kappa shape index (κ3) is 2.65. The average Bonchev–Trinajstić information content (AvgIpc) is 2.92. The summed E-state index contributed by atoms with van der Waals surface area (Å²) in [4.78, 5) is 10.6. The van der Waals surface area contributed by atoms with Gasteiger partial charge >= 0.3 is 0 Å². The Morgan fingerprint density at radius 2 is 2.20 bits per heavy atom. The molecule has 2 N–H and O–H groups in total. The van der Waals surface area contributed by atoms with Gasteiger partial charge in [-0.05, 0) is 17.5 Å². The zero-order valence-corrected chi connectivity index (χ0v) is 10.9. The minimum absolute atomic E-state index is 0.0116. The predicted molar refractivity (Wildman–Crippen MR) is 74.0 cm³/mol. The number of non-ortho nitro benzene ring substituents is 1. The molecule has 0 amide bonds. The zero-order chi connectivity index (χ0) is 14.7. The minimum atomic E-state index is -0.777.